The molecule has 1 atom stereocenters. The molecule has 0 aliphatic carbocycles. The predicted octanol–water partition coefficient (Wildman–Crippen LogP) is 5.55. The molecule has 0 heterocycles. The van der Waals surface area contributed by atoms with E-state index in [2.05, 4.69) is 43.6 Å². The van der Waals surface area contributed by atoms with Crippen molar-refractivity contribution in [2.75, 3.05) is 0 Å². The Morgan fingerprint density at radius 1 is 1.07 bits per heavy atom. The molecule has 0 amide bonds. The molecule has 0 aromatic heterocycles. The van der Waals surface area contributed by atoms with Crippen molar-refractivity contribution in [1.82, 2.24) is 0 Å². The van der Waals surface area contributed by atoms with E-state index in [-0.39, 0.29) is 0 Å². The smallest absolute Gasteiger partial charge is 0.0122 e. The second-order valence-electron chi connectivity index (χ2n) is 5.31. The first-order valence-corrected chi connectivity index (χ1v) is 7.03. The summed E-state index contributed by atoms with van der Waals surface area (Å²) in [6, 6.07) is 0. The van der Waals surface area contributed by atoms with Gasteiger partial charge in [0.25, 0.3) is 0 Å². The number of alkyl halides is 1. The van der Waals surface area contributed by atoms with E-state index in [0.29, 0.717) is 10.2 Å². The molecule has 0 N–H and O–H groups in total. The first-order valence-electron chi connectivity index (χ1n) is 6.12. The number of rotatable bonds is 8. The molecule has 0 fully saturated rings. The Morgan fingerprint density at radius 2 is 1.64 bits per heavy atom. The SMILES string of the molecule is CCCCCCCC(C)(C)CC(C)Br. The molecule has 1 unspecified atom stereocenters. The second-order valence-corrected chi connectivity index (χ2v) is 6.88. The van der Waals surface area contributed by atoms with Crippen LogP contribution in [-0.2, 0) is 0 Å². The summed E-state index contributed by atoms with van der Waals surface area (Å²) in [6.07, 6.45) is 9.70. The van der Waals surface area contributed by atoms with Crippen LogP contribution in [0.3, 0.4) is 0 Å². The van der Waals surface area contributed by atoms with Crippen molar-refractivity contribution in [3.63, 3.8) is 0 Å². The van der Waals surface area contributed by atoms with Crippen molar-refractivity contribution >= 4 is 15.9 Å². The minimum Gasteiger partial charge on any atom is -0.0893 e. The highest BCUT2D eigenvalue weighted by Gasteiger charge is 2.19. The maximum atomic E-state index is 3.64. The lowest BCUT2D eigenvalue weighted by atomic mass is 9.83. The van der Waals surface area contributed by atoms with Crippen LogP contribution in [0.4, 0.5) is 0 Å². The third-order valence-electron chi connectivity index (χ3n) is 2.79. The fourth-order valence-electron chi connectivity index (χ4n) is 2.07. The molecule has 1 heteroatoms. The zero-order valence-electron chi connectivity index (χ0n) is 10.4. The Hall–Kier alpha value is 0.480. The van der Waals surface area contributed by atoms with Crippen LogP contribution in [0.15, 0.2) is 0 Å². The highest BCUT2D eigenvalue weighted by atomic mass is 79.9. The molecule has 0 saturated heterocycles. The molecule has 14 heavy (non-hydrogen) atoms. The monoisotopic (exact) mass is 262 g/mol. The van der Waals surface area contributed by atoms with Crippen molar-refractivity contribution in [2.24, 2.45) is 5.41 Å². The third kappa shape index (κ3) is 9.05. The number of hydrogen-bond donors (Lipinski definition) is 0. The first kappa shape index (κ1) is 14.5. The summed E-state index contributed by atoms with van der Waals surface area (Å²) in [5.74, 6) is 0. The molecule has 0 bridgehead atoms. The van der Waals surface area contributed by atoms with Gasteiger partial charge in [0.15, 0.2) is 0 Å². The molecule has 0 aromatic rings. The van der Waals surface area contributed by atoms with Gasteiger partial charge >= 0.3 is 0 Å². The molecule has 86 valence electrons. The fourth-order valence-corrected chi connectivity index (χ4v) is 2.95. The molecular weight excluding hydrogens is 236 g/mol. The summed E-state index contributed by atoms with van der Waals surface area (Å²) in [5, 5.41) is 0. The first-order chi connectivity index (χ1) is 6.48. The van der Waals surface area contributed by atoms with E-state index >= 15 is 0 Å². The van der Waals surface area contributed by atoms with E-state index in [1.165, 1.54) is 44.9 Å². The van der Waals surface area contributed by atoms with E-state index in [9.17, 15) is 0 Å². The van der Waals surface area contributed by atoms with Crippen LogP contribution in [-0.4, -0.2) is 4.83 Å². The van der Waals surface area contributed by atoms with E-state index in [0.717, 1.165) is 0 Å². The van der Waals surface area contributed by atoms with Crippen LogP contribution in [0.25, 0.3) is 0 Å². The molecule has 0 spiro atoms. The van der Waals surface area contributed by atoms with Crippen LogP contribution in [0.5, 0.6) is 0 Å². The number of hydrogen-bond acceptors (Lipinski definition) is 0. The van der Waals surface area contributed by atoms with Crippen LogP contribution >= 0.6 is 15.9 Å². The molecular formula is C13H27Br. The van der Waals surface area contributed by atoms with E-state index in [1.54, 1.807) is 0 Å². The van der Waals surface area contributed by atoms with Crippen LogP contribution in [0, 0.1) is 5.41 Å². The largest absolute Gasteiger partial charge is 0.0893 e. The lowest BCUT2D eigenvalue weighted by molar-refractivity contribution is 0.296. The van der Waals surface area contributed by atoms with E-state index < -0.39 is 0 Å². The lowest BCUT2D eigenvalue weighted by Crippen LogP contribution is -2.15. The molecule has 0 aliphatic rings. The quantitative estimate of drug-likeness (QED) is 0.398. The van der Waals surface area contributed by atoms with Gasteiger partial charge in [-0.1, -0.05) is 75.7 Å². The maximum Gasteiger partial charge on any atom is 0.0122 e. The molecule has 0 rings (SSSR count). The average Bonchev–Trinajstić information content (AvgIpc) is 2.01. The van der Waals surface area contributed by atoms with Crippen LogP contribution < -0.4 is 0 Å². The van der Waals surface area contributed by atoms with Gasteiger partial charge in [0.2, 0.25) is 0 Å². The minimum absolute atomic E-state index is 0.523. The zero-order valence-corrected chi connectivity index (χ0v) is 12.0. The Kier molecular flexibility index (Phi) is 8.00. The average molecular weight is 263 g/mol. The van der Waals surface area contributed by atoms with Gasteiger partial charge in [0, 0.05) is 4.83 Å². The van der Waals surface area contributed by atoms with Crippen LogP contribution in [0.1, 0.15) is 72.6 Å². The summed E-state index contributed by atoms with van der Waals surface area (Å²) in [4.78, 5) is 0.660. The molecule has 0 saturated carbocycles. The van der Waals surface area contributed by atoms with Crippen LogP contribution in [0.2, 0.25) is 0 Å². The minimum atomic E-state index is 0.523. The van der Waals surface area contributed by atoms with Crippen molar-refractivity contribution in [1.29, 1.82) is 0 Å². The highest BCUT2D eigenvalue weighted by Crippen LogP contribution is 2.31. The summed E-state index contributed by atoms with van der Waals surface area (Å²) >= 11 is 3.64. The Balaban J connectivity index is 3.45. The summed E-state index contributed by atoms with van der Waals surface area (Å²) in [6.45, 7) is 9.31. The lowest BCUT2D eigenvalue weighted by Gasteiger charge is -2.25. The van der Waals surface area contributed by atoms with Crippen molar-refractivity contribution in [3.05, 3.63) is 0 Å². The van der Waals surface area contributed by atoms with Gasteiger partial charge in [0.05, 0.1) is 0 Å². The van der Waals surface area contributed by atoms with Gasteiger partial charge in [-0.05, 0) is 18.3 Å². The predicted molar refractivity (Wildman–Crippen MR) is 70.2 cm³/mol. The topological polar surface area (TPSA) is 0 Å². The molecule has 0 aromatic carbocycles. The molecule has 0 nitrogen and oxygen atoms in total. The number of unbranched alkanes of at least 4 members (excludes halogenated alkanes) is 4. The van der Waals surface area contributed by atoms with Gasteiger partial charge in [-0.15, -0.1) is 0 Å². The van der Waals surface area contributed by atoms with Crippen molar-refractivity contribution in [3.8, 4) is 0 Å². The van der Waals surface area contributed by atoms with Gasteiger partial charge < -0.3 is 0 Å². The van der Waals surface area contributed by atoms with E-state index in [4.69, 9.17) is 0 Å². The normalized spacial score (nSPS) is 14.4. The van der Waals surface area contributed by atoms with Crippen molar-refractivity contribution < 1.29 is 0 Å². The molecule has 0 aliphatic heterocycles. The van der Waals surface area contributed by atoms with Gasteiger partial charge in [-0.3, -0.25) is 0 Å². The molecule has 0 radical (unpaired) electrons. The standard InChI is InChI=1S/C13H27Br/c1-5-6-7-8-9-10-13(3,4)11-12(2)14/h12H,5-11H2,1-4H3. The fraction of sp³-hybridized carbons (Fsp3) is 1.00. The zero-order chi connectivity index (χ0) is 11.0. The Labute approximate surface area is 99.0 Å². The maximum absolute atomic E-state index is 3.64. The number of halogens is 1. The van der Waals surface area contributed by atoms with Gasteiger partial charge in [-0.25, -0.2) is 0 Å². The summed E-state index contributed by atoms with van der Waals surface area (Å²) in [7, 11) is 0. The van der Waals surface area contributed by atoms with Gasteiger partial charge in [0.1, 0.15) is 0 Å². The summed E-state index contributed by atoms with van der Waals surface area (Å²) in [5.41, 5.74) is 0.523. The van der Waals surface area contributed by atoms with Gasteiger partial charge in [-0.2, -0.15) is 0 Å². The highest BCUT2D eigenvalue weighted by molar-refractivity contribution is 9.09. The second kappa shape index (κ2) is 7.73. The van der Waals surface area contributed by atoms with E-state index in [1.807, 2.05) is 0 Å². The summed E-state index contributed by atoms with van der Waals surface area (Å²) < 4.78 is 0. The van der Waals surface area contributed by atoms with Crippen molar-refractivity contribution in [2.45, 2.75) is 77.5 Å². The third-order valence-corrected chi connectivity index (χ3v) is 3.11. The Morgan fingerprint density at radius 3 is 2.14 bits per heavy atom. The Bertz CT molecular complexity index is 127.